The van der Waals surface area contributed by atoms with Crippen LogP contribution in [0.4, 0.5) is 0 Å². The second-order valence-corrected chi connectivity index (χ2v) is 4.83. The molecule has 4 heteroatoms. The minimum atomic E-state index is -0.875. The van der Waals surface area contributed by atoms with E-state index < -0.39 is 5.60 Å². The molecule has 0 amide bonds. The van der Waals surface area contributed by atoms with Crippen molar-refractivity contribution in [2.24, 2.45) is 0 Å². The summed E-state index contributed by atoms with van der Waals surface area (Å²) in [7, 11) is 0. The maximum absolute atomic E-state index is 10.9. The van der Waals surface area contributed by atoms with Crippen molar-refractivity contribution in [2.75, 3.05) is 0 Å². The molecule has 0 aliphatic heterocycles. The van der Waals surface area contributed by atoms with Gasteiger partial charge in [-0.15, -0.1) is 0 Å². The van der Waals surface area contributed by atoms with Crippen LogP contribution in [0.25, 0.3) is 0 Å². The minimum absolute atomic E-state index is 0.494. The van der Waals surface area contributed by atoms with Crippen LogP contribution in [0.2, 0.25) is 0 Å². The summed E-state index contributed by atoms with van der Waals surface area (Å²) in [5.41, 5.74) is 0.0586. The Morgan fingerprint density at radius 1 is 1.21 bits per heavy atom. The van der Waals surface area contributed by atoms with Gasteiger partial charge in [0.2, 0.25) is 0 Å². The third kappa shape index (κ3) is 3.01. The summed E-state index contributed by atoms with van der Waals surface area (Å²) >= 11 is 0. The van der Waals surface area contributed by atoms with Gasteiger partial charge in [-0.25, -0.2) is 9.67 Å². The van der Waals surface area contributed by atoms with Gasteiger partial charge in [-0.3, -0.25) is 0 Å². The highest BCUT2D eigenvalue weighted by Crippen LogP contribution is 2.28. The van der Waals surface area contributed by atoms with E-state index in [1.54, 1.807) is 6.33 Å². The number of aryl methyl sites for hydroxylation is 1. The van der Waals surface area contributed by atoms with Gasteiger partial charge in [-0.2, -0.15) is 5.10 Å². The summed E-state index contributed by atoms with van der Waals surface area (Å²) < 4.78 is 1.88. The zero-order valence-corrected chi connectivity index (χ0v) is 11.6. The minimum Gasteiger partial charge on any atom is -0.385 e. The van der Waals surface area contributed by atoms with Gasteiger partial charge in [0, 0.05) is 13.0 Å². The maximum atomic E-state index is 10.9. The largest absolute Gasteiger partial charge is 0.385 e. The second-order valence-electron chi connectivity index (χ2n) is 4.83. The van der Waals surface area contributed by atoms with E-state index >= 15 is 0 Å². The summed E-state index contributed by atoms with van der Waals surface area (Å²) in [6, 6.07) is 9.78. The highest BCUT2D eigenvalue weighted by atomic mass is 16.3. The lowest BCUT2D eigenvalue weighted by atomic mass is 9.87. The van der Waals surface area contributed by atoms with E-state index in [1.165, 1.54) is 0 Å². The molecule has 0 bridgehead atoms. The van der Waals surface area contributed by atoms with Gasteiger partial charge >= 0.3 is 0 Å². The number of nitrogens with zero attached hydrogens (tertiary/aromatic N) is 3. The van der Waals surface area contributed by atoms with Crippen molar-refractivity contribution < 1.29 is 5.11 Å². The molecule has 102 valence electrons. The smallest absolute Gasteiger partial charge is 0.138 e. The van der Waals surface area contributed by atoms with E-state index in [4.69, 9.17) is 0 Å². The van der Waals surface area contributed by atoms with Crippen molar-refractivity contribution in [3.05, 3.63) is 48.0 Å². The van der Waals surface area contributed by atoms with Gasteiger partial charge in [0.15, 0.2) is 0 Å². The number of hydrogen-bond donors (Lipinski definition) is 1. The van der Waals surface area contributed by atoms with Crippen molar-refractivity contribution in [2.45, 2.75) is 45.3 Å². The molecule has 1 unspecified atom stereocenters. The number of rotatable bonds is 6. The standard InChI is InChI=1S/C15H21N3O/c1-3-10-18-14(16-12-17-18)11-15(19,4-2)13-8-6-5-7-9-13/h5-9,12,19H,3-4,10-11H2,1-2H3. The van der Waals surface area contributed by atoms with Crippen LogP contribution in [0, 0.1) is 0 Å². The first-order valence-corrected chi connectivity index (χ1v) is 6.84. The lowest BCUT2D eigenvalue weighted by molar-refractivity contribution is 0.0296. The van der Waals surface area contributed by atoms with Crippen LogP contribution >= 0.6 is 0 Å². The summed E-state index contributed by atoms with van der Waals surface area (Å²) in [4.78, 5) is 4.29. The van der Waals surface area contributed by atoms with Crippen molar-refractivity contribution in [3.63, 3.8) is 0 Å². The molecule has 1 N–H and O–H groups in total. The van der Waals surface area contributed by atoms with Crippen molar-refractivity contribution in [1.82, 2.24) is 14.8 Å². The fraction of sp³-hybridized carbons (Fsp3) is 0.467. The Morgan fingerprint density at radius 2 is 1.95 bits per heavy atom. The molecule has 0 aliphatic rings. The van der Waals surface area contributed by atoms with Crippen molar-refractivity contribution >= 4 is 0 Å². The van der Waals surface area contributed by atoms with Crippen LogP contribution in [-0.4, -0.2) is 19.9 Å². The number of aliphatic hydroxyl groups is 1. The maximum Gasteiger partial charge on any atom is 0.138 e. The molecule has 1 aromatic heterocycles. The van der Waals surface area contributed by atoms with Gasteiger partial charge in [-0.05, 0) is 18.4 Å². The summed E-state index contributed by atoms with van der Waals surface area (Å²) in [5, 5.41) is 15.1. The SMILES string of the molecule is CCCn1ncnc1CC(O)(CC)c1ccccc1. The first kappa shape index (κ1) is 13.7. The molecule has 0 fully saturated rings. The van der Waals surface area contributed by atoms with Gasteiger partial charge < -0.3 is 5.11 Å². The third-order valence-electron chi connectivity index (χ3n) is 3.48. The molecule has 0 spiro atoms. The van der Waals surface area contributed by atoms with Crippen LogP contribution in [0.1, 0.15) is 38.1 Å². The molecule has 0 saturated carbocycles. The molecule has 1 atom stereocenters. The first-order valence-electron chi connectivity index (χ1n) is 6.84. The lowest BCUT2D eigenvalue weighted by Crippen LogP contribution is -2.29. The van der Waals surface area contributed by atoms with E-state index in [0.29, 0.717) is 12.8 Å². The molecule has 2 rings (SSSR count). The van der Waals surface area contributed by atoms with Gasteiger partial charge in [-0.1, -0.05) is 44.2 Å². The zero-order chi connectivity index (χ0) is 13.7. The Morgan fingerprint density at radius 3 is 2.58 bits per heavy atom. The highest BCUT2D eigenvalue weighted by molar-refractivity contribution is 5.23. The Labute approximate surface area is 114 Å². The Balaban J connectivity index is 2.25. The predicted molar refractivity (Wildman–Crippen MR) is 74.6 cm³/mol. The van der Waals surface area contributed by atoms with Gasteiger partial charge in [0.25, 0.3) is 0 Å². The summed E-state index contributed by atoms with van der Waals surface area (Å²) in [5.74, 6) is 0.843. The quantitative estimate of drug-likeness (QED) is 0.867. The Hall–Kier alpha value is -1.68. The molecule has 4 nitrogen and oxygen atoms in total. The highest BCUT2D eigenvalue weighted by Gasteiger charge is 2.29. The van der Waals surface area contributed by atoms with Crippen LogP contribution in [0.5, 0.6) is 0 Å². The fourth-order valence-corrected chi connectivity index (χ4v) is 2.26. The lowest BCUT2D eigenvalue weighted by Gasteiger charge is -2.27. The van der Waals surface area contributed by atoms with Crippen molar-refractivity contribution in [3.8, 4) is 0 Å². The molecule has 19 heavy (non-hydrogen) atoms. The molecule has 0 saturated heterocycles. The molecule has 1 heterocycles. The second kappa shape index (κ2) is 5.97. The van der Waals surface area contributed by atoms with Crippen LogP contribution < -0.4 is 0 Å². The topological polar surface area (TPSA) is 50.9 Å². The number of benzene rings is 1. The van der Waals surface area contributed by atoms with Crippen LogP contribution in [-0.2, 0) is 18.6 Å². The van der Waals surface area contributed by atoms with Crippen molar-refractivity contribution in [1.29, 1.82) is 0 Å². The van der Waals surface area contributed by atoms with E-state index in [-0.39, 0.29) is 0 Å². The first-order chi connectivity index (χ1) is 9.19. The Bertz CT molecular complexity index is 509. The van der Waals surface area contributed by atoms with Gasteiger partial charge in [0.05, 0.1) is 5.60 Å². The Kier molecular flexibility index (Phi) is 4.32. The molecular weight excluding hydrogens is 238 g/mol. The predicted octanol–water partition coefficient (Wildman–Crippen LogP) is 2.53. The summed E-state index contributed by atoms with van der Waals surface area (Å²) in [6.45, 7) is 4.94. The molecule has 0 aliphatic carbocycles. The number of aromatic nitrogens is 3. The van der Waals surface area contributed by atoms with E-state index in [2.05, 4.69) is 17.0 Å². The van der Waals surface area contributed by atoms with E-state index in [0.717, 1.165) is 24.4 Å². The molecule has 1 aromatic carbocycles. The van der Waals surface area contributed by atoms with Crippen LogP contribution in [0.15, 0.2) is 36.7 Å². The molecular formula is C15H21N3O. The third-order valence-corrected chi connectivity index (χ3v) is 3.48. The summed E-state index contributed by atoms with van der Waals surface area (Å²) in [6.07, 6.45) is 3.71. The normalized spacial score (nSPS) is 14.3. The zero-order valence-electron chi connectivity index (χ0n) is 11.6. The number of hydrogen-bond acceptors (Lipinski definition) is 3. The molecule has 2 aromatic rings. The monoisotopic (exact) mass is 259 g/mol. The average Bonchev–Trinajstić information content (AvgIpc) is 2.87. The van der Waals surface area contributed by atoms with Gasteiger partial charge in [0.1, 0.15) is 12.2 Å². The van der Waals surface area contributed by atoms with Crippen LogP contribution in [0.3, 0.4) is 0 Å². The average molecular weight is 259 g/mol. The van der Waals surface area contributed by atoms with E-state index in [1.807, 2.05) is 41.9 Å². The van der Waals surface area contributed by atoms with E-state index in [9.17, 15) is 5.11 Å². The molecule has 0 radical (unpaired) electrons. The fourth-order valence-electron chi connectivity index (χ4n) is 2.26.